The van der Waals surface area contributed by atoms with Gasteiger partial charge in [0.05, 0.1) is 6.54 Å². The normalized spacial score (nSPS) is 21.0. The number of halogens is 1. The highest BCUT2D eigenvalue weighted by Crippen LogP contribution is 2.41. The van der Waals surface area contributed by atoms with E-state index in [1.54, 1.807) is 11.8 Å². The number of amides is 2. The van der Waals surface area contributed by atoms with Crippen LogP contribution in [-0.2, 0) is 16.0 Å². The van der Waals surface area contributed by atoms with Crippen molar-refractivity contribution in [2.45, 2.75) is 48.8 Å². The van der Waals surface area contributed by atoms with Gasteiger partial charge in [-0.15, -0.1) is 0 Å². The van der Waals surface area contributed by atoms with Crippen molar-refractivity contribution in [3.63, 3.8) is 0 Å². The topological polar surface area (TPSA) is 60.2 Å². The number of carbonyl (C=O) groups excluding carboxylic acids is 2. The number of hydrogen-bond donors (Lipinski definition) is 1. The van der Waals surface area contributed by atoms with Crippen LogP contribution < -0.4 is 5.73 Å². The third-order valence-electron chi connectivity index (χ3n) is 5.54. The van der Waals surface area contributed by atoms with Gasteiger partial charge in [-0.3, -0.25) is 4.79 Å². The van der Waals surface area contributed by atoms with Crippen molar-refractivity contribution in [1.29, 1.82) is 0 Å². The lowest BCUT2D eigenvalue weighted by molar-refractivity contribution is -0.883. The minimum absolute atomic E-state index is 0.0754. The molecule has 1 saturated heterocycles. The molecule has 2 aromatic rings. The molecule has 6 heteroatoms. The van der Waals surface area contributed by atoms with E-state index in [2.05, 4.69) is 12.1 Å². The number of nitrogens with zero attached hydrogens (tertiary/aromatic N) is 1. The third kappa shape index (κ3) is 5.84. The number of benzene rings is 2. The molecule has 1 fully saturated rings. The van der Waals surface area contributed by atoms with Crippen LogP contribution >= 0.6 is 23.4 Å². The summed E-state index contributed by atoms with van der Waals surface area (Å²) in [6.07, 6.45) is 5.71. The van der Waals surface area contributed by atoms with Gasteiger partial charge in [-0.1, -0.05) is 60.1 Å². The molecule has 4 nitrogen and oxygen atoms in total. The molecule has 0 bridgehead atoms. The number of nitrogens with two attached hydrogens (primary N) is 1. The highest BCUT2D eigenvalue weighted by atomic mass is 35.5. The van der Waals surface area contributed by atoms with E-state index in [1.165, 1.54) is 5.56 Å². The van der Waals surface area contributed by atoms with Crippen LogP contribution in [0, 0.1) is 0 Å². The Balaban J connectivity index is 1.49. The fraction of sp³-hybridized carbons (Fsp3) is 0.391. The minimum atomic E-state index is -0.403. The van der Waals surface area contributed by atoms with Crippen molar-refractivity contribution in [3.05, 3.63) is 65.2 Å². The van der Waals surface area contributed by atoms with Crippen LogP contribution in [0.5, 0.6) is 0 Å². The van der Waals surface area contributed by atoms with Crippen molar-refractivity contribution in [2.75, 3.05) is 13.1 Å². The molecule has 0 aliphatic carbocycles. The van der Waals surface area contributed by atoms with Crippen LogP contribution in [-0.4, -0.2) is 34.8 Å². The first-order valence-corrected chi connectivity index (χ1v) is 11.4. The molecule has 1 heterocycles. The molecule has 2 N–H and O–H groups in total. The van der Waals surface area contributed by atoms with Gasteiger partial charge >= 0.3 is 5.91 Å². The maximum absolute atomic E-state index is 12.6. The van der Waals surface area contributed by atoms with Crippen LogP contribution in [0.25, 0.3) is 0 Å². The zero-order chi connectivity index (χ0) is 20.7. The van der Waals surface area contributed by atoms with Crippen LogP contribution in [0.2, 0.25) is 5.02 Å². The predicted octanol–water partition coefficient (Wildman–Crippen LogP) is 4.79. The summed E-state index contributed by atoms with van der Waals surface area (Å²) in [5, 5.41) is 0.839. The third-order valence-corrected chi connectivity index (χ3v) is 7.17. The Labute approximate surface area is 182 Å². The first-order valence-electron chi connectivity index (χ1n) is 10.1. The summed E-state index contributed by atoms with van der Waals surface area (Å²) in [5.74, 6) is -0.266. The van der Waals surface area contributed by atoms with Gasteiger partial charge < -0.3 is 5.73 Å². The fourth-order valence-electron chi connectivity index (χ4n) is 3.90. The molecule has 29 heavy (non-hydrogen) atoms. The number of aryl methyl sites for hydroxylation is 1. The molecule has 0 saturated carbocycles. The van der Waals surface area contributed by atoms with Crippen LogP contribution in [0.1, 0.15) is 37.7 Å². The number of rotatable bonds is 11. The number of unbranched alkanes of at least 4 members (excludes halogenated alkanes) is 3. The summed E-state index contributed by atoms with van der Waals surface area (Å²) < 4.78 is 0.200. The van der Waals surface area contributed by atoms with Crippen molar-refractivity contribution in [1.82, 2.24) is 0 Å². The van der Waals surface area contributed by atoms with Gasteiger partial charge in [0.25, 0.3) is 5.91 Å². The van der Waals surface area contributed by atoms with Crippen molar-refractivity contribution < 1.29 is 14.1 Å². The van der Waals surface area contributed by atoms with Gasteiger partial charge in [-0.05, 0) is 55.5 Å². The molecule has 154 valence electrons. The smallest absolute Gasteiger partial charge is 0.322 e. The minimum Gasteiger partial charge on any atom is -0.365 e. The Kier molecular flexibility index (Phi) is 7.76. The summed E-state index contributed by atoms with van der Waals surface area (Å²) in [6, 6.07) is 18.0. The SMILES string of the molecule is NC(=O)C[N+]1(CCCCCCc2ccc(Cl)cc2)C(=O)CC1Sc1ccccc1. The van der Waals surface area contributed by atoms with E-state index in [0.29, 0.717) is 13.0 Å². The van der Waals surface area contributed by atoms with Crippen molar-refractivity contribution >= 4 is 35.2 Å². The average Bonchev–Trinajstić information content (AvgIpc) is 2.71. The number of primary amides is 1. The highest BCUT2D eigenvalue weighted by molar-refractivity contribution is 7.99. The van der Waals surface area contributed by atoms with Crippen LogP contribution in [0.4, 0.5) is 0 Å². The molecular formula is C23H28ClN2O2S+. The lowest BCUT2D eigenvalue weighted by Gasteiger charge is -2.48. The number of β-lactam (4-membered cyclic amide) rings is 1. The zero-order valence-corrected chi connectivity index (χ0v) is 18.1. The number of quaternary nitrogens is 1. The van der Waals surface area contributed by atoms with E-state index in [4.69, 9.17) is 17.3 Å². The molecular weight excluding hydrogens is 404 g/mol. The molecule has 2 aromatic carbocycles. The molecule has 1 aliphatic rings. The lowest BCUT2D eigenvalue weighted by atomic mass is 10.0. The maximum atomic E-state index is 12.6. The van der Waals surface area contributed by atoms with E-state index < -0.39 is 5.91 Å². The number of hydrogen-bond acceptors (Lipinski definition) is 3. The molecule has 1 aliphatic heterocycles. The molecule has 0 spiro atoms. The Bertz CT molecular complexity index is 829. The van der Waals surface area contributed by atoms with Gasteiger partial charge in [0.15, 0.2) is 11.9 Å². The second-order valence-electron chi connectivity index (χ2n) is 7.66. The van der Waals surface area contributed by atoms with Gasteiger partial charge in [-0.2, -0.15) is 0 Å². The summed E-state index contributed by atoms with van der Waals surface area (Å²) in [6.45, 7) is 0.793. The Morgan fingerprint density at radius 2 is 1.72 bits per heavy atom. The summed E-state index contributed by atoms with van der Waals surface area (Å²) in [7, 11) is 0. The molecule has 0 radical (unpaired) electrons. The highest BCUT2D eigenvalue weighted by Gasteiger charge is 2.56. The second kappa shape index (κ2) is 10.3. The summed E-state index contributed by atoms with van der Waals surface area (Å²) in [5.41, 5.74) is 6.80. The second-order valence-corrected chi connectivity index (χ2v) is 9.34. The zero-order valence-electron chi connectivity index (χ0n) is 16.6. The average molecular weight is 432 g/mol. The number of carbonyl (C=O) groups is 2. The molecule has 2 unspecified atom stereocenters. The Morgan fingerprint density at radius 3 is 2.38 bits per heavy atom. The molecule has 0 aromatic heterocycles. The van der Waals surface area contributed by atoms with Crippen LogP contribution in [0.3, 0.4) is 0 Å². The quantitative estimate of drug-likeness (QED) is 0.316. The van der Waals surface area contributed by atoms with Crippen molar-refractivity contribution in [3.8, 4) is 0 Å². The first-order chi connectivity index (χ1) is 14.0. The van der Waals surface area contributed by atoms with Crippen LogP contribution in [0.15, 0.2) is 59.5 Å². The van der Waals surface area contributed by atoms with Gasteiger partial charge in [0.2, 0.25) is 0 Å². The first kappa shape index (κ1) is 21.9. The number of likely N-dealkylation sites (tertiary alicyclic amines) is 1. The number of thioether (sulfide) groups is 1. The fourth-order valence-corrected chi connectivity index (χ4v) is 5.38. The Morgan fingerprint density at radius 1 is 1.03 bits per heavy atom. The predicted molar refractivity (Wildman–Crippen MR) is 119 cm³/mol. The van der Waals surface area contributed by atoms with E-state index in [1.807, 2.05) is 42.5 Å². The van der Waals surface area contributed by atoms with Gasteiger partial charge in [-0.25, -0.2) is 9.28 Å². The van der Waals surface area contributed by atoms with E-state index >= 15 is 0 Å². The van der Waals surface area contributed by atoms with E-state index in [-0.39, 0.29) is 22.3 Å². The summed E-state index contributed by atoms with van der Waals surface area (Å²) >= 11 is 7.61. The van der Waals surface area contributed by atoms with E-state index in [9.17, 15) is 9.59 Å². The largest absolute Gasteiger partial charge is 0.365 e. The van der Waals surface area contributed by atoms with E-state index in [0.717, 1.165) is 42.0 Å². The summed E-state index contributed by atoms with van der Waals surface area (Å²) in [4.78, 5) is 25.4. The molecule has 3 rings (SSSR count). The lowest BCUT2D eigenvalue weighted by Crippen LogP contribution is -2.70. The maximum Gasteiger partial charge on any atom is 0.322 e. The monoisotopic (exact) mass is 431 g/mol. The van der Waals surface area contributed by atoms with Gasteiger partial charge in [0, 0.05) is 9.92 Å². The molecule has 2 amide bonds. The molecule has 2 atom stereocenters. The van der Waals surface area contributed by atoms with Gasteiger partial charge in [0.1, 0.15) is 6.42 Å². The van der Waals surface area contributed by atoms with Crippen molar-refractivity contribution in [2.24, 2.45) is 5.73 Å². The standard InChI is InChI=1S/C23H27ClN2O2S/c24-19-13-11-18(12-14-19)8-4-1-2-7-15-26(17-21(25)27)22(28)16-23(26)29-20-9-5-3-6-10-20/h3,5-6,9-14,23H,1-2,4,7-8,15-17H2,(H-,25,27)/p+1. The Hall–Kier alpha value is -1.82.